The quantitative estimate of drug-likeness (QED) is 0.157. The van der Waals surface area contributed by atoms with Crippen LogP contribution in [0.5, 0.6) is 0 Å². The highest BCUT2D eigenvalue weighted by Gasteiger charge is 2.44. The van der Waals surface area contributed by atoms with Crippen LogP contribution in [-0.2, 0) is 21.7 Å². The van der Waals surface area contributed by atoms with Crippen LogP contribution >= 0.6 is 0 Å². The Bertz CT molecular complexity index is 3130. The van der Waals surface area contributed by atoms with Crippen LogP contribution in [0.2, 0.25) is 0 Å². The van der Waals surface area contributed by atoms with Gasteiger partial charge in [-0.2, -0.15) is 0 Å². The summed E-state index contributed by atoms with van der Waals surface area (Å²) in [7, 11) is 0. The van der Waals surface area contributed by atoms with Crippen LogP contribution in [0.3, 0.4) is 0 Å². The van der Waals surface area contributed by atoms with E-state index in [1.54, 1.807) is 0 Å². The highest BCUT2D eigenvalue weighted by molar-refractivity contribution is 7.00. The number of hydrogen-bond acceptors (Lipinski definition) is 1. The summed E-state index contributed by atoms with van der Waals surface area (Å²) in [5, 5.41) is 2.66. The van der Waals surface area contributed by atoms with Crippen molar-refractivity contribution >= 4 is 62.0 Å². The van der Waals surface area contributed by atoms with E-state index in [4.69, 9.17) is 0 Å². The van der Waals surface area contributed by atoms with Gasteiger partial charge in [-0.25, -0.2) is 0 Å². The molecule has 328 valence electrons. The van der Waals surface area contributed by atoms with Gasteiger partial charge >= 0.3 is 0 Å². The zero-order valence-corrected chi connectivity index (χ0v) is 40.9. The first-order valence-corrected chi connectivity index (χ1v) is 24.0. The van der Waals surface area contributed by atoms with Crippen molar-refractivity contribution in [2.24, 2.45) is 0 Å². The van der Waals surface area contributed by atoms with Crippen molar-refractivity contribution in [3.8, 4) is 33.9 Å². The minimum Gasteiger partial charge on any atom is -0.310 e. The molecule has 0 amide bonds. The molecule has 7 aromatic carbocycles. The minimum atomic E-state index is -0.142. The van der Waals surface area contributed by atoms with Crippen molar-refractivity contribution < 1.29 is 0 Å². The molecule has 0 bridgehead atoms. The third-order valence-electron chi connectivity index (χ3n) is 14.4. The van der Waals surface area contributed by atoms with E-state index in [2.05, 4.69) is 255 Å². The van der Waals surface area contributed by atoms with Gasteiger partial charge in [0.2, 0.25) is 0 Å². The van der Waals surface area contributed by atoms with Gasteiger partial charge in [0.1, 0.15) is 0 Å². The third-order valence-corrected chi connectivity index (χ3v) is 14.4. The number of aromatic nitrogens is 2. The lowest BCUT2D eigenvalue weighted by atomic mass is 9.34. The molecule has 2 aliphatic rings. The molecule has 3 nitrogen and oxygen atoms in total. The molecule has 0 saturated carbocycles. The standard InChI is InChI=1S/C62H62BN3/c1-59(2,3)41-29-33-43(34-30-41)64(44-35-31-42(32-36-44)60(4,5)6)45-37-50-54-51(38-45)66-56(40-23-17-14-18-24-40)53(62(10,11)12)47-26-20-28-49(58(47)66)63(54)48-27-19-25-46-52(61(7,8)9)55(65(50)57(46)48)39-21-15-13-16-22-39/h13-38H,1-12H3. The summed E-state index contributed by atoms with van der Waals surface area (Å²) in [6.07, 6.45) is 0. The Morgan fingerprint density at radius 2 is 0.758 bits per heavy atom. The Balaban J connectivity index is 1.34. The molecular formula is C62H62BN3. The van der Waals surface area contributed by atoms with E-state index < -0.39 is 0 Å². The van der Waals surface area contributed by atoms with Crippen molar-refractivity contribution in [3.05, 3.63) is 180 Å². The minimum absolute atomic E-state index is 0.0275. The van der Waals surface area contributed by atoms with Gasteiger partial charge in [-0.05, 0) is 108 Å². The second-order valence-electron chi connectivity index (χ2n) is 23.1. The molecule has 2 aromatic heterocycles. The first-order valence-electron chi connectivity index (χ1n) is 24.0. The number of para-hydroxylation sites is 2. The van der Waals surface area contributed by atoms with Crippen LogP contribution in [0.15, 0.2) is 158 Å². The van der Waals surface area contributed by atoms with Crippen LogP contribution < -0.4 is 21.3 Å². The lowest BCUT2D eigenvalue weighted by Crippen LogP contribution is -2.59. The molecule has 0 atom stereocenters. The smallest absolute Gasteiger partial charge is 0.252 e. The van der Waals surface area contributed by atoms with Crippen LogP contribution in [-0.4, -0.2) is 15.8 Å². The van der Waals surface area contributed by atoms with Crippen molar-refractivity contribution in [2.75, 3.05) is 4.90 Å². The molecule has 4 heteroatoms. The van der Waals surface area contributed by atoms with Gasteiger partial charge in [0.25, 0.3) is 6.71 Å². The van der Waals surface area contributed by atoms with E-state index >= 15 is 0 Å². The van der Waals surface area contributed by atoms with Gasteiger partial charge in [0, 0.05) is 44.6 Å². The molecule has 0 fully saturated rings. The fourth-order valence-electron chi connectivity index (χ4n) is 11.5. The predicted octanol–water partition coefficient (Wildman–Crippen LogP) is 14.7. The lowest BCUT2D eigenvalue weighted by Gasteiger charge is -2.36. The molecule has 9 aromatic rings. The van der Waals surface area contributed by atoms with Gasteiger partial charge < -0.3 is 14.0 Å². The average Bonchev–Trinajstić information content (AvgIpc) is 3.83. The normalized spacial score (nSPS) is 13.4. The zero-order chi connectivity index (χ0) is 46.2. The van der Waals surface area contributed by atoms with E-state index in [1.165, 1.54) is 94.3 Å². The molecule has 0 aliphatic carbocycles. The fourth-order valence-corrected chi connectivity index (χ4v) is 11.5. The Labute approximate surface area is 392 Å². The van der Waals surface area contributed by atoms with Crippen LogP contribution in [0.25, 0.3) is 55.7 Å². The van der Waals surface area contributed by atoms with Crippen molar-refractivity contribution in [1.29, 1.82) is 0 Å². The van der Waals surface area contributed by atoms with Gasteiger partial charge in [0.15, 0.2) is 0 Å². The molecule has 0 unspecified atom stereocenters. The number of benzene rings is 7. The summed E-state index contributed by atoms with van der Waals surface area (Å²) >= 11 is 0. The van der Waals surface area contributed by atoms with Crippen LogP contribution in [0.1, 0.15) is 105 Å². The average molecular weight is 860 g/mol. The van der Waals surface area contributed by atoms with E-state index in [9.17, 15) is 0 Å². The molecule has 66 heavy (non-hydrogen) atoms. The summed E-state index contributed by atoms with van der Waals surface area (Å²) in [5.74, 6) is 0. The maximum atomic E-state index is 2.67. The number of rotatable bonds is 5. The highest BCUT2D eigenvalue weighted by Crippen LogP contribution is 2.49. The molecule has 11 rings (SSSR count). The summed E-state index contributed by atoms with van der Waals surface area (Å²) in [6.45, 7) is 28.1. The summed E-state index contributed by atoms with van der Waals surface area (Å²) < 4.78 is 5.34. The molecule has 2 aliphatic heterocycles. The number of hydrogen-bond donors (Lipinski definition) is 0. The van der Waals surface area contributed by atoms with Gasteiger partial charge in [-0.15, -0.1) is 0 Å². The first kappa shape index (κ1) is 42.1. The van der Waals surface area contributed by atoms with Gasteiger partial charge in [-0.3, -0.25) is 0 Å². The van der Waals surface area contributed by atoms with E-state index in [-0.39, 0.29) is 28.4 Å². The molecule has 0 radical (unpaired) electrons. The number of fused-ring (bicyclic) bond motifs is 4. The first-order chi connectivity index (χ1) is 31.3. The van der Waals surface area contributed by atoms with Gasteiger partial charge in [0.05, 0.1) is 17.1 Å². The van der Waals surface area contributed by atoms with Crippen LogP contribution in [0.4, 0.5) is 17.1 Å². The van der Waals surface area contributed by atoms with Crippen molar-refractivity contribution in [3.63, 3.8) is 0 Å². The molecule has 4 heterocycles. The molecular weight excluding hydrogens is 798 g/mol. The van der Waals surface area contributed by atoms with Crippen LogP contribution in [0, 0.1) is 0 Å². The summed E-state index contributed by atoms with van der Waals surface area (Å²) in [4.78, 5) is 2.51. The summed E-state index contributed by atoms with van der Waals surface area (Å²) in [5.41, 5.74) is 22.8. The van der Waals surface area contributed by atoms with E-state index in [0.717, 1.165) is 17.1 Å². The number of nitrogens with zero attached hydrogens (tertiary/aromatic N) is 3. The second-order valence-corrected chi connectivity index (χ2v) is 23.1. The highest BCUT2D eigenvalue weighted by atomic mass is 15.2. The molecule has 0 N–H and O–H groups in total. The predicted molar refractivity (Wildman–Crippen MR) is 285 cm³/mol. The Kier molecular flexibility index (Phi) is 9.25. The fraction of sp³-hybridized carbons (Fsp3) is 0.258. The third kappa shape index (κ3) is 6.38. The van der Waals surface area contributed by atoms with Crippen molar-refractivity contribution in [2.45, 2.75) is 105 Å². The van der Waals surface area contributed by atoms with Crippen molar-refractivity contribution in [1.82, 2.24) is 9.13 Å². The Morgan fingerprint density at radius 3 is 1.11 bits per heavy atom. The second kappa shape index (κ2) is 14.5. The largest absolute Gasteiger partial charge is 0.310 e. The number of anilines is 3. The van der Waals surface area contributed by atoms with E-state index in [1.807, 2.05) is 0 Å². The monoisotopic (exact) mass is 860 g/mol. The van der Waals surface area contributed by atoms with E-state index in [0.29, 0.717) is 0 Å². The zero-order valence-electron chi connectivity index (χ0n) is 40.9. The maximum absolute atomic E-state index is 2.67. The Morgan fingerprint density at radius 1 is 0.379 bits per heavy atom. The molecule has 0 spiro atoms. The van der Waals surface area contributed by atoms with Gasteiger partial charge in [-0.1, -0.05) is 204 Å². The molecule has 0 saturated heterocycles. The maximum Gasteiger partial charge on any atom is 0.252 e. The lowest BCUT2D eigenvalue weighted by molar-refractivity contribution is 0.590. The SMILES string of the molecule is CC(C)(C)c1ccc(N(c2ccc(C(C)(C)C)cc2)c2cc3c4c(c2)-n2c(-c5ccccc5)c(C(C)(C)C)c5cccc(c52)B4c2cccc4c(C(C)(C)C)c(-c5ccccc5)n-3c24)cc1. The Hall–Kier alpha value is -6.52. The topological polar surface area (TPSA) is 13.1 Å². The summed E-state index contributed by atoms with van der Waals surface area (Å²) in [6, 6.07) is 60.2.